The van der Waals surface area contributed by atoms with E-state index in [1.54, 1.807) is 6.07 Å². The standard InChI is InChI=1S/C23H33N3O3/c1-16-4-7-25(8-5-16)13-19-14-26-9-6-17(19)10-20(26)12-24-23(27)18-2-3-21-22(11-18)29-15-28-21/h2-3,11,16-17,19-20H,4-10,12-15H2,1H3,(H,24,27)/t17-,19+,20+/m0/s1. The highest BCUT2D eigenvalue weighted by molar-refractivity contribution is 5.94. The van der Waals surface area contributed by atoms with Crippen LogP contribution in [0.25, 0.3) is 0 Å². The van der Waals surface area contributed by atoms with Crippen LogP contribution in [0.2, 0.25) is 0 Å². The average Bonchev–Trinajstić information content (AvgIpc) is 3.22. The lowest BCUT2D eigenvalue weighted by atomic mass is 9.75. The molecular weight excluding hydrogens is 366 g/mol. The Balaban J connectivity index is 1.12. The van der Waals surface area contributed by atoms with Crippen molar-refractivity contribution in [1.29, 1.82) is 0 Å². The van der Waals surface area contributed by atoms with E-state index >= 15 is 0 Å². The first-order chi connectivity index (χ1) is 14.2. The Morgan fingerprint density at radius 1 is 1.14 bits per heavy atom. The van der Waals surface area contributed by atoms with E-state index in [2.05, 4.69) is 22.0 Å². The number of ether oxygens (including phenoxy) is 2. The molecule has 0 saturated carbocycles. The van der Waals surface area contributed by atoms with Crippen molar-refractivity contribution in [3.8, 4) is 11.5 Å². The number of amides is 1. The van der Waals surface area contributed by atoms with E-state index in [0.29, 0.717) is 23.1 Å². The van der Waals surface area contributed by atoms with Crippen LogP contribution in [0.15, 0.2) is 18.2 Å². The number of benzene rings is 1. The predicted molar refractivity (Wildman–Crippen MR) is 111 cm³/mol. The molecule has 4 fully saturated rings. The Morgan fingerprint density at radius 3 is 2.76 bits per heavy atom. The third-order valence-electron chi connectivity index (χ3n) is 7.52. The van der Waals surface area contributed by atoms with Gasteiger partial charge in [0.15, 0.2) is 11.5 Å². The number of piperidine rings is 4. The molecule has 5 aliphatic rings. The largest absolute Gasteiger partial charge is 0.454 e. The molecule has 4 atom stereocenters. The summed E-state index contributed by atoms with van der Waals surface area (Å²) >= 11 is 0. The lowest BCUT2D eigenvalue weighted by Crippen LogP contribution is -2.58. The van der Waals surface area contributed by atoms with Crippen molar-refractivity contribution in [1.82, 2.24) is 15.1 Å². The summed E-state index contributed by atoms with van der Waals surface area (Å²) in [6.45, 7) is 9.55. The minimum absolute atomic E-state index is 0.0232. The zero-order chi connectivity index (χ0) is 19.8. The average molecular weight is 400 g/mol. The van der Waals surface area contributed by atoms with Crippen molar-refractivity contribution in [2.75, 3.05) is 46.1 Å². The molecule has 29 heavy (non-hydrogen) atoms. The monoisotopic (exact) mass is 399 g/mol. The highest BCUT2D eigenvalue weighted by atomic mass is 16.7. The van der Waals surface area contributed by atoms with E-state index in [0.717, 1.165) is 24.3 Å². The molecule has 1 unspecified atom stereocenters. The number of carbonyl (C=O) groups excluding carboxylic acids is 1. The van der Waals surface area contributed by atoms with Gasteiger partial charge in [-0.1, -0.05) is 6.92 Å². The van der Waals surface area contributed by atoms with E-state index in [4.69, 9.17) is 9.47 Å². The van der Waals surface area contributed by atoms with E-state index < -0.39 is 0 Å². The normalized spacial score (nSPS) is 31.8. The van der Waals surface area contributed by atoms with Gasteiger partial charge in [-0.2, -0.15) is 0 Å². The maximum atomic E-state index is 12.6. The number of fused-ring (bicyclic) bond motifs is 4. The minimum Gasteiger partial charge on any atom is -0.454 e. The van der Waals surface area contributed by atoms with Crippen molar-refractivity contribution >= 4 is 5.91 Å². The predicted octanol–water partition coefficient (Wildman–Crippen LogP) is 2.59. The molecular formula is C23H33N3O3. The molecule has 0 radical (unpaired) electrons. The van der Waals surface area contributed by atoms with Crippen LogP contribution in [0.1, 0.15) is 43.0 Å². The maximum Gasteiger partial charge on any atom is 0.251 e. The quantitative estimate of drug-likeness (QED) is 0.825. The summed E-state index contributed by atoms with van der Waals surface area (Å²) in [7, 11) is 0. The lowest BCUT2D eigenvalue weighted by Gasteiger charge is -2.51. The third-order valence-corrected chi connectivity index (χ3v) is 7.52. The smallest absolute Gasteiger partial charge is 0.251 e. The molecule has 6 heteroatoms. The molecule has 0 aromatic heterocycles. The number of rotatable bonds is 5. The second-order valence-electron chi connectivity index (χ2n) is 9.45. The van der Waals surface area contributed by atoms with Crippen LogP contribution in [0, 0.1) is 17.8 Å². The molecule has 6 rings (SSSR count). The van der Waals surface area contributed by atoms with Crippen LogP contribution < -0.4 is 14.8 Å². The summed E-state index contributed by atoms with van der Waals surface area (Å²) < 4.78 is 10.7. The summed E-state index contributed by atoms with van der Waals surface area (Å²) in [6, 6.07) is 5.88. The Kier molecular flexibility index (Phi) is 5.39. The number of nitrogens with zero attached hydrogens (tertiary/aromatic N) is 2. The lowest BCUT2D eigenvalue weighted by molar-refractivity contribution is -0.0148. The Morgan fingerprint density at radius 2 is 1.97 bits per heavy atom. The Hall–Kier alpha value is -1.79. The van der Waals surface area contributed by atoms with Gasteiger partial charge in [0.2, 0.25) is 6.79 Å². The van der Waals surface area contributed by atoms with Gasteiger partial charge >= 0.3 is 0 Å². The van der Waals surface area contributed by atoms with Gasteiger partial charge < -0.3 is 19.7 Å². The summed E-state index contributed by atoms with van der Waals surface area (Å²) in [5, 5.41) is 3.16. The van der Waals surface area contributed by atoms with Crippen LogP contribution in [0.4, 0.5) is 0 Å². The second kappa shape index (κ2) is 8.15. The number of hydrogen-bond acceptors (Lipinski definition) is 5. The van der Waals surface area contributed by atoms with Crippen molar-refractivity contribution in [3.05, 3.63) is 23.8 Å². The van der Waals surface area contributed by atoms with E-state index in [1.807, 2.05) is 12.1 Å². The SMILES string of the molecule is CC1CCN(C[C@@H]2CN3CC[C@H]2C[C@@H]3CNC(=O)c2ccc3c(c2)OCO3)CC1. The highest BCUT2D eigenvalue weighted by Crippen LogP contribution is 2.37. The van der Waals surface area contributed by atoms with E-state index in [-0.39, 0.29) is 12.7 Å². The fraction of sp³-hybridized carbons (Fsp3) is 0.696. The fourth-order valence-electron chi connectivity index (χ4n) is 5.60. The first kappa shape index (κ1) is 19.2. The van der Waals surface area contributed by atoms with Gasteiger partial charge in [0.05, 0.1) is 0 Å². The molecule has 6 nitrogen and oxygen atoms in total. The summed E-state index contributed by atoms with van der Waals surface area (Å²) in [5.41, 5.74) is 0.641. The fourth-order valence-corrected chi connectivity index (χ4v) is 5.60. The number of hydrogen-bond donors (Lipinski definition) is 1. The van der Waals surface area contributed by atoms with Crippen molar-refractivity contribution in [2.45, 2.75) is 38.6 Å². The summed E-state index contributed by atoms with van der Waals surface area (Å²) in [6.07, 6.45) is 5.25. The van der Waals surface area contributed by atoms with Gasteiger partial charge in [0, 0.05) is 31.2 Å². The van der Waals surface area contributed by atoms with E-state index in [1.165, 1.54) is 58.4 Å². The Labute approximate surface area is 173 Å². The van der Waals surface area contributed by atoms with Gasteiger partial charge in [-0.15, -0.1) is 0 Å². The number of nitrogens with one attached hydrogen (secondary N) is 1. The highest BCUT2D eigenvalue weighted by Gasteiger charge is 2.40. The molecule has 1 aromatic carbocycles. The maximum absolute atomic E-state index is 12.6. The van der Waals surface area contributed by atoms with Crippen LogP contribution in [-0.2, 0) is 0 Å². The van der Waals surface area contributed by atoms with Crippen LogP contribution in [0.5, 0.6) is 11.5 Å². The molecule has 0 aliphatic carbocycles. The van der Waals surface area contributed by atoms with Gasteiger partial charge in [-0.05, 0) is 81.3 Å². The third kappa shape index (κ3) is 4.10. The van der Waals surface area contributed by atoms with Crippen molar-refractivity contribution in [3.63, 3.8) is 0 Å². The molecule has 0 spiro atoms. The second-order valence-corrected chi connectivity index (χ2v) is 9.45. The van der Waals surface area contributed by atoms with Gasteiger partial charge in [0.25, 0.3) is 5.91 Å². The van der Waals surface area contributed by atoms with Crippen LogP contribution in [0.3, 0.4) is 0 Å². The molecule has 4 saturated heterocycles. The molecule has 1 amide bonds. The molecule has 1 N–H and O–H groups in total. The molecule has 5 heterocycles. The van der Waals surface area contributed by atoms with Crippen molar-refractivity contribution < 1.29 is 14.3 Å². The van der Waals surface area contributed by atoms with Crippen LogP contribution in [-0.4, -0.2) is 67.8 Å². The van der Waals surface area contributed by atoms with Gasteiger partial charge in [-0.25, -0.2) is 0 Å². The molecule has 2 bridgehead atoms. The van der Waals surface area contributed by atoms with Gasteiger partial charge in [-0.3, -0.25) is 9.69 Å². The zero-order valence-corrected chi connectivity index (χ0v) is 17.4. The number of likely N-dealkylation sites (tertiary alicyclic amines) is 1. The summed E-state index contributed by atoms with van der Waals surface area (Å²) in [5.74, 6) is 3.87. The van der Waals surface area contributed by atoms with E-state index in [9.17, 15) is 4.79 Å². The number of carbonyl (C=O) groups is 1. The Bertz CT molecular complexity index is 747. The minimum atomic E-state index is -0.0232. The van der Waals surface area contributed by atoms with Crippen LogP contribution >= 0.6 is 0 Å². The molecule has 5 aliphatic heterocycles. The zero-order valence-electron chi connectivity index (χ0n) is 17.4. The van der Waals surface area contributed by atoms with Crippen molar-refractivity contribution in [2.24, 2.45) is 17.8 Å². The first-order valence-corrected chi connectivity index (χ1v) is 11.3. The first-order valence-electron chi connectivity index (χ1n) is 11.3. The van der Waals surface area contributed by atoms with Gasteiger partial charge in [0.1, 0.15) is 0 Å². The molecule has 1 aromatic rings. The molecule has 158 valence electrons. The topological polar surface area (TPSA) is 54.0 Å². The summed E-state index contributed by atoms with van der Waals surface area (Å²) in [4.78, 5) is 17.9.